The smallest absolute Gasteiger partial charge is 0.264 e. The Kier molecular flexibility index (Phi) is 12.5. The number of thioether (sulfide) groups is 1. The fourth-order valence-electron chi connectivity index (χ4n) is 5.10. The van der Waals surface area contributed by atoms with E-state index in [1.807, 2.05) is 88.5 Å². The Bertz CT molecular complexity index is 1710. The zero-order valence-corrected chi connectivity index (χ0v) is 29.2. The van der Waals surface area contributed by atoms with Gasteiger partial charge in [-0.2, -0.15) is 0 Å². The van der Waals surface area contributed by atoms with Crippen LogP contribution >= 0.6 is 11.8 Å². The highest BCUT2D eigenvalue weighted by Crippen LogP contribution is 2.28. The van der Waals surface area contributed by atoms with Crippen molar-refractivity contribution >= 4 is 39.3 Å². The van der Waals surface area contributed by atoms with Crippen LogP contribution < -0.4 is 14.4 Å². The summed E-state index contributed by atoms with van der Waals surface area (Å²) < 4.78 is 35.2. The molecular weight excluding hydrogens is 631 g/mol. The lowest BCUT2D eigenvalue weighted by atomic mass is 10.0. The van der Waals surface area contributed by atoms with Crippen LogP contribution in [0.25, 0.3) is 0 Å². The molecule has 8 nitrogen and oxygen atoms in total. The molecule has 1 atom stereocenters. The molecule has 0 saturated heterocycles. The number of carbonyl (C=O) groups is 2. The van der Waals surface area contributed by atoms with Crippen LogP contribution in [0.3, 0.4) is 0 Å². The zero-order valence-electron chi connectivity index (χ0n) is 27.6. The molecule has 0 bridgehead atoms. The fourth-order valence-corrected chi connectivity index (χ4v) is 6.93. The largest absolute Gasteiger partial charge is 0.494 e. The molecule has 0 aromatic heterocycles. The fraction of sp³-hybridized carbons (Fsp3) is 0.297. The number of benzene rings is 4. The predicted octanol–water partition coefficient (Wildman–Crippen LogP) is 6.48. The number of ether oxygens (including phenoxy) is 1. The molecule has 1 N–H and O–H groups in total. The van der Waals surface area contributed by atoms with E-state index in [0.717, 1.165) is 25.9 Å². The van der Waals surface area contributed by atoms with Gasteiger partial charge in [0.25, 0.3) is 10.0 Å². The van der Waals surface area contributed by atoms with Crippen LogP contribution in [0, 0.1) is 6.92 Å². The van der Waals surface area contributed by atoms with Crippen molar-refractivity contribution in [3.8, 4) is 5.75 Å². The summed E-state index contributed by atoms with van der Waals surface area (Å²) in [4.78, 5) is 30.9. The molecule has 0 aliphatic rings. The van der Waals surface area contributed by atoms with Crippen molar-refractivity contribution in [3.05, 3.63) is 120 Å². The number of hydrogen-bond acceptors (Lipinski definition) is 6. The van der Waals surface area contributed by atoms with Gasteiger partial charge in [-0.1, -0.05) is 60.2 Å². The molecule has 0 unspecified atom stereocenters. The number of anilines is 1. The van der Waals surface area contributed by atoms with Gasteiger partial charge in [-0.3, -0.25) is 13.9 Å². The van der Waals surface area contributed by atoms with Gasteiger partial charge in [0.15, 0.2) is 0 Å². The maximum atomic E-state index is 14.6. The molecule has 47 heavy (non-hydrogen) atoms. The van der Waals surface area contributed by atoms with Crippen LogP contribution in [0.15, 0.2) is 113 Å². The van der Waals surface area contributed by atoms with E-state index in [1.54, 1.807) is 48.5 Å². The van der Waals surface area contributed by atoms with Crippen LogP contribution in [-0.2, 0) is 32.6 Å². The highest BCUT2D eigenvalue weighted by Gasteiger charge is 2.35. The first kappa shape index (κ1) is 35.6. The average molecular weight is 674 g/mol. The molecule has 0 fully saturated rings. The van der Waals surface area contributed by atoms with Gasteiger partial charge in [-0.05, 0) is 93.6 Å². The van der Waals surface area contributed by atoms with Gasteiger partial charge in [0.1, 0.15) is 18.3 Å². The number of rotatable bonds is 15. The summed E-state index contributed by atoms with van der Waals surface area (Å²) in [5.41, 5.74) is 3.06. The molecule has 0 aliphatic heterocycles. The molecule has 4 rings (SSSR count). The van der Waals surface area contributed by atoms with E-state index in [1.165, 1.54) is 16.7 Å². The minimum absolute atomic E-state index is 0.0560. The SMILES string of the molecule is CCOc1ccc(N(CC(=O)N(Cc2ccc(C)cc2)[C@@H](Cc2ccccc2)C(=O)NC(C)C)S(=O)(=O)c2ccc(SC)cc2)cc1. The van der Waals surface area contributed by atoms with Crippen molar-refractivity contribution in [1.29, 1.82) is 0 Å². The van der Waals surface area contributed by atoms with E-state index in [-0.39, 0.29) is 29.8 Å². The lowest BCUT2D eigenvalue weighted by molar-refractivity contribution is -0.140. The molecule has 248 valence electrons. The minimum Gasteiger partial charge on any atom is -0.494 e. The molecule has 10 heteroatoms. The standard InChI is InChI=1S/C37H43N3O5S2/c1-6-45-32-18-16-31(17-19-32)40(47(43,44)34-22-20-33(46-5)21-23-34)26-36(41)39(25-30-14-12-28(4)13-15-30)35(37(42)38-27(2)3)24-29-10-8-7-9-11-29/h7-23,27,35H,6,24-26H2,1-5H3,(H,38,42)/t35-/m0/s1. The maximum absolute atomic E-state index is 14.6. The number of aryl methyl sites for hydroxylation is 1. The Balaban J connectivity index is 1.80. The van der Waals surface area contributed by atoms with Crippen LogP contribution in [0.2, 0.25) is 0 Å². The number of sulfonamides is 1. The van der Waals surface area contributed by atoms with Crippen molar-refractivity contribution in [1.82, 2.24) is 10.2 Å². The second kappa shape index (κ2) is 16.5. The Hall–Kier alpha value is -4.28. The van der Waals surface area contributed by atoms with E-state index < -0.39 is 28.5 Å². The molecule has 4 aromatic rings. The number of nitrogens with zero attached hydrogens (tertiary/aromatic N) is 2. The average Bonchev–Trinajstić information content (AvgIpc) is 3.06. The summed E-state index contributed by atoms with van der Waals surface area (Å²) in [6, 6.07) is 29.4. The molecular formula is C37H43N3O5S2. The van der Waals surface area contributed by atoms with Gasteiger partial charge in [0.05, 0.1) is 17.2 Å². The third kappa shape index (κ3) is 9.62. The highest BCUT2D eigenvalue weighted by atomic mass is 32.2. The van der Waals surface area contributed by atoms with E-state index in [4.69, 9.17) is 4.74 Å². The lowest BCUT2D eigenvalue weighted by Crippen LogP contribution is -2.54. The second-order valence-corrected chi connectivity index (χ2v) is 14.2. The summed E-state index contributed by atoms with van der Waals surface area (Å²) in [6.07, 6.45) is 2.17. The first-order valence-corrected chi connectivity index (χ1v) is 18.3. The molecule has 0 saturated carbocycles. The van der Waals surface area contributed by atoms with Gasteiger partial charge < -0.3 is 15.0 Å². The molecule has 0 heterocycles. The van der Waals surface area contributed by atoms with Gasteiger partial charge in [0.2, 0.25) is 11.8 Å². The topological polar surface area (TPSA) is 96.0 Å². The number of nitrogens with one attached hydrogen (secondary N) is 1. The summed E-state index contributed by atoms with van der Waals surface area (Å²) >= 11 is 1.50. The van der Waals surface area contributed by atoms with Crippen LogP contribution in [0.1, 0.15) is 37.5 Å². The van der Waals surface area contributed by atoms with Crippen molar-refractivity contribution in [2.45, 2.75) is 62.5 Å². The quantitative estimate of drug-likeness (QED) is 0.145. The van der Waals surface area contributed by atoms with E-state index in [0.29, 0.717) is 18.0 Å². The van der Waals surface area contributed by atoms with E-state index >= 15 is 0 Å². The van der Waals surface area contributed by atoms with Crippen LogP contribution in [0.4, 0.5) is 5.69 Å². The van der Waals surface area contributed by atoms with Gasteiger partial charge in [0, 0.05) is 23.9 Å². The third-order valence-corrected chi connectivity index (χ3v) is 10.1. The molecule has 4 aromatic carbocycles. The summed E-state index contributed by atoms with van der Waals surface area (Å²) in [7, 11) is -4.20. The second-order valence-electron chi connectivity index (χ2n) is 11.5. The molecule has 0 aliphatic carbocycles. The third-order valence-electron chi connectivity index (χ3n) is 7.54. The molecule has 0 radical (unpaired) electrons. The Labute approximate surface area is 283 Å². The van der Waals surface area contributed by atoms with Gasteiger partial charge >= 0.3 is 0 Å². The van der Waals surface area contributed by atoms with Gasteiger partial charge in [-0.15, -0.1) is 11.8 Å². The zero-order chi connectivity index (χ0) is 34.0. The maximum Gasteiger partial charge on any atom is 0.264 e. The number of carbonyl (C=O) groups excluding carboxylic acids is 2. The van der Waals surface area contributed by atoms with Crippen LogP contribution in [0.5, 0.6) is 5.75 Å². The van der Waals surface area contributed by atoms with Crippen LogP contribution in [-0.4, -0.2) is 56.6 Å². The molecule has 0 spiro atoms. The highest BCUT2D eigenvalue weighted by molar-refractivity contribution is 7.98. The van der Waals surface area contributed by atoms with E-state index in [9.17, 15) is 18.0 Å². The van der Waals surface area contributed by atoms with E-state index in [2.05, 4.69) is 5.32 Å². The number of amides is 2. The number of hydrogen-bond donors (Lipinski definition) is 1. The summed E-state index contributed by atoms with van der Waals surface area (Å²) in [6.45, 7) is 7.63. The lowest BCUT2D eigenvalue weighted by Gasteiger charge is -2.34. The van der Waals surface area contributed by atoms with Crippen molar-refractivity contribution in [3.63, 3.8) is 0 Å². The Morgan fingerprint density at radius 3 is 2.06 bits per heavy atom. The Morgan fingerprint density at radius 1 is 0.851 bits per heavy atom. The summed E-state index contributed by atoms with van der Waals surface area (Å²) in [5, 5.41) is 2.98. The monoisotopic (exact) mass is 673 g/mol. The van der Waals surface area contributed by atoms with Crippen molar-refractivity contribution in [2.24, 2.45) is 0 Å². The van der Waals surface area contributed by atoms with Crippen molar-refractivity contribution in [2.75, 3.05) is 23.7 Å². The van der Waals surface area contributed by atoms with Crippen molar-refractivity contribution < 1.29 is 22.7 Å². The van der Waals surface area contributed by atoms with Gasteiger partial charge in [-0.25, -0.2) is 8.42 Å². The minimum atomic E-state index is -4.20. The Morgan fingerprint density at radius 2 is 1.49 bits per heavy atom. The molecule has 2 amide bonds. The summed E-state index contributed by atoms with van der Waals surface area (Å²) in [5.74, 6) is -0.241. The normalized spacial score (nSPS) is 12.0. The first-order chi connectivity index (χ1) is 22.5. The first-order valence-electron chi connectivity index (χ1n) is 15.6. The predicted molar refractivity (Wildman–Crippen MR) is 189 cm³/mol.